The van der Waals surface area contributed by atoms with E-state index in [1.165, 1.54) is 18.1 Å². The number of piperidine rings is 1. The van der Waals surface area contributed by atoms with Crippen LogP contribution < -0.4 is 20.1 Å². The van der Waals surface area contributed by atoms with E-state index >= 15 is 4.39 Å². The highest BCUT2D eigenvalue weighted by atomic mass is 19.4. The first-order chi connectivity index (χ1) is 20.3. The van der Waals surface area contributed by atoms with Crippen molar-refractivity contribution < 1.29 is 41.0 Å². The van der Waals surface area contributed by atoms with Crippen LogP contribution in [-0.4, -0.2) is 78.1 Å². The van der Waals surface area contributed by atoms with Crippen molar-refractivity contribution in [3.8, 4) is 17.4 Å². The maximum atomic E-state index is 15.1. The number of alkyl halides is 4. The molecule has 2 aliphatic heterocycles. The first-order valence-corrected chi connectivity index (χ1v) is 13.1. The third-order valence-corrected chi connectivity index (χ3v) is 7.19. The maximum absolute atomic E-state index is 15.1. The Kier molecular flexibility index (Phi) is 8.10. The molecule has 10 nitrogen and oxygen atoms in total. The third kappa shape index (κ3) is 6.16. The molecular weight excluding hydrogens is 579 g/mol. The molecule has 228 valence electrons. The number of carbonyl (C=O) groups excluding carboxylic acids is 2. The monoisotopic (exact) mass is 606 g/mol. The summed E-state index contributed by atoms with van der Waals surface area (Å²) < 4.78 is 81.8. The number of aromatic nitrogens is 2. The summed E-state index contributed by atoms with van der Waals surface area (Å²) in [5.41, 5.74) is -1.14. The van der Waals surface area contributed by atoms with Gasteiger partial charge in [0.05, 0.1) is 30.0 Å². The lowest BCUT2D eigenvalue weighted by Crippen LogP contribution is -2.51. The first-order valence-electron chi connectivity index (χ1n) is 13.1. The fourth-order valence-electron chi connectivity index (χ4n) is 4.94. The van der Waals surface area contributed by atoms with E-state index in [0.717, 1.165) is 12.1 Å². The van der Waals surface area contributed by atoms with E-state index in [4.69, 9.17) is 9.47 Å². The fourth-order valence-corrected chi connectivity index (χ4v) is 4.94. The molecule has 3 aromatic rings. The molecule has 43 heavy (non-hydrogen) atoms. The van der Waals surface area contributed by atoms with Gasteiger partial charge in [-0.05, 0) is 31.2 Å². The van der Waals surface area contributed by atoms with Crippen molar-refractivity contribution in [1.82, 2.24) is 25.1 Å². The zero-order valence-corrected chi connectivity index (χ0v) is 23.3. The van der Waals surface area contributed by atoms with Crippen LogP contribution in [0.5, 0.6) is 17.4 Å². The Bertz CT molecular complexity index is 1570. The summed E-state index contributed by atoms with van der Waals surface area (Å²) in [5.74, 6) is -3.77. The first kappa shape index (κ1) is 29.9. The third-order valence-electron chi connectivity index (χ3n) is 7.19. The summed E-state index contributed by atoms with van der Waals surface area (Å²) in [5, 5.41) is 5.10. The summed E-state index contributed by atoms with van der Waals surface area (Å²) in [6, 6.07) is 5.72. The minimum atomic E-state index is -4.90. The van der Waals surface area contributed by atoms with E-state index in [2.05, 4.69) is 20.6 Å². The number of nitrogens with zero attached hydrogens (tertiary/aromatic N) is 4. The van der Waals surface area contributed by atoms with E-state index in [1.54, 1.807) is 31.1 Å². The number of amides is 2. The quantitative estimate of drug-likeness (QED) is 0.378. The van der Waals surface area contributed by atoms with Crippen LogP contribution >= 0.6 is 0 Å². The number of hydrogen-bond acceptors (Lipinski definition) is 8. The zero-order chi connectivity index (χ0) is 31.1. The van der Waals surface area contributed by atoms with E-state index in [9.17, 15) is 27.2 Å². The standard InChI is InChI=1S/C28H27F5N6O4/c1-38-8-7-19(18(30)13-38)35-24(40)15-9-22(42-3)20(10-17(15)29)36-27-34-11-16(28(31,32)33)25(37-27)43-21-6-4-5-14-12-39(2)26(41)23(14)21/h4-6,9-11,18-19H,7-8,12-13H2,1-3H3,(H,35,40)(H,34,36,37)/t18-,19?/m1/s1. The van der Waals surface area contributed by atoms with E-state index < -0.39 is 59.0 Å². The van der Waals surface area contributed by atoms with Crippen LogP contribution in [0.2, 0.25) is 0 Å². The van der Waals surface area contributed by atoms with Crippen molar-refractivity contribution in [2.45, 2.75) is 31.4 Å². The van der Waals surface area contributed by atoms with Crippen molar-refractivity contribution in [2.24, 2.45) is 0 Å². The Morgan fingerprint density at radius 1 is 1.16 bits per heavy atom. The van der Waals surface area contributed by atoms with Gasteiger partial charge in [-0.2, -0.15) is 18.2 Å². The highest BCUT2D eigenvalue weighted by Crippen LogP contribution is 2.40. The number of ether oxygens (including phenoxy) is 2. The normalized spacial score (nSPS) is 18.8. The van der Waals surface area contributed by atoms with Gasteiger partial charge in [0.2, 0.25) is 11.8 Å². The molecule has 0 radical (unpaired) electrons. The van der Waals surface area contributed by atoms with Crippen molar-refractivity contribution in [3.63, 3.8) is 0 Å². The van der Waals surface area contributed by atoms with Gasteiger partial charge in [0.25, 0.3) is 11.8 Å². The molecular formula is C28H27F5N6O4. The Hall–Kier alpha value is -4.53. The summed E-state index contributed by atoms with van der Waals surface area (Å²) in [4.78, 5) is 36.1. The van der Waals surface area contributed by atoms with Gasteiger partial charge in [-0.25, -0.2) is 13.8 Å². The van der Waals surface area contributed by atoms with Crippen LogP contribution in [0.4, 0.5) is 33.6 Å². The molecule has 2 amide bonds. The number of benzene rings is 2. The SMILES string of the molecule is COc1cc(C(=O)NC2CCN(C)C[C@H]2F)c(F)cc1Nc1ncc(C(F)(F)F)c(Oc2cccc3c2C(=O)N(C)C3)n1. The fraction of sp³-hybridized carbons (Fsp3) is 0.357. The molecule has 15 heteroatoms. The number of anilines is 2. The van der Waals surface area contributed by atoms with Gasteiger partial charge in [0, 0.05) is 38.9 Å². The number of fused-ring (bicyclic) bond motifs is 1. The van der Waals surface area contributed by atoms with Crippen molar-refractivity contribution in [3.05, 3.63) is 64.6 Å². The zero-order valence-electron chi connectivity index (χ0n) is 23.3. The second-order valence-electron chi connectivity index (χ2n) is 10.3. The molecule has 2 aromatic carbocycles. The molecule has 2 aliphatic rings. The maximum Gasteiger partial charge on any atom is 0.423 e. The number of nitrogens with one attached hydrogen (secondary N) is 2. The lowest BCUT2D eigenvalue weighted by Gasteiger charge is -2.32. The van der Waals surface area contributed by atoms with Gasteiger partial charge in [-0.1, -0.05) is 12.1 Å². The molecule has 1 fully saturated rings. The molecule has 0 spiro atoms. The Morgan fingerprint density at radius 2 is 1.93 bits per heavy atom. The number of rotatable bonds is 7. The topological polar surface area (TPSA) is 109 Å². The van der Waals surface area contributed by atoms with Crippen LogP contribution in [0, 0.1) is 5.82 Å². The Morgan fingerprint density at radius 3 is 2.63 bits per heavy atom. The van der Waals surface area contributed by atoms with Crippen molar-refractivity contribution in [2.75, 3.05) is 39.6 Å². The van der Waals surface area contributed by atoms with Gasteiger partial charge in [-0.15, -0.1) is 0 Å². The lowest BCUT2D eigenvalue weighted by atomic mass is 10.0. The van der Waals surface area contributed by atoms with E-state index in [-0.39, 0.29) is 35.8 Å². The summed E-state index contributed by atoms with van der Waals surface area (Å²) in [6.45, 7) is 0.942. The van der Waals surface area contributed by atoms with E-state index in [1.807, 2.05) is 0 Å². The number of halogens is 5. The molecule has 3 heterocycles. The highest BCUT2D eigenvalue weighted by Gasteiger charge is 2.38. The number of likely N-dealkylation sites (tertiary alicyclic amines) is 1. The van der Waals surface area contributed by atoms with Crippen LogP contribution in [0.15, 0.2) is 36.5 Å². The van der Waals surface area contributed by atoms with Gasteiger partial charge in [0.1, 0.15) is 29.1 Å². The molecule has 2 atom stereocenters. The summed E-state index contributed by atoms with van der Waals surface area (Å²) >= 11 is 0. The highest BCUT2D eigenvalue weighted by molar-refractivity contribution is 6.01. The molecule has 1 saturated heterocycles. The summed E-state index contributed by atoms with van der Waals surface area (Å²) in [7, 11) is 4.54. The van der Waals surface area contributed by atoms with Crippen LogP contribution in [0.25, 0.3) is 0 Å². The molecule has 5 rings (SSSR count). The van der Waals surface area contributed by atoms with E-state index in [0.29, 0.717) is 24.7 Å². The minimum absolute atomic E-state index is 0.0628. The number of carbonyl (C=O) groups is 2. The molecule has 0 aliphatic carbocycles. The largest absolute Gasteiger partial charge is 0.495 e. The number of methoxy groups -OCH3 is 1. The molecule has 1 unspecified atom stereocenters. The van der Waals surface area contributed by atoms with Gasteiger partial charge < -0.3 is 29.9 Å². The Labute approximate surface area is 242 Å². The second-order valence-corrected chi connectivity index (χ2v) is 10.3. The molecule has 1 aromatic heterocycles. The predicted octanol–water partition coefficient (Wildman–Crippen LogP) is 4.54. The molecule has 2 N–H and O–H groups in total. The molecule has 0 saturated carbocycles. The minimum Gasteiger partial charge on any atom is -0.495 e. The lowest BCUT2D eigenvalue weighted by molar-refractivity contribution is -0.139. The number of hydrogen-bond donors (Lipinski definition) is 2. The summed E-state index contributed by atoms with van der Waals surface area (Å²) in [6.07, 6.45) is -5.41. The van der Waals surface area contributed by atoms with Crippen LogP contribution in [0.1, 0.15) is 38.3 Å². The van der Waals surface area contributed by atoms with Crippen LogP contribution in [-0.2, 0) is 12.7 Å². The van der Waals surface area contributed by atoms with Crippen molar-refractivity contribution >= 4 is 23.5 Å². The average molecular weight is 607 g/mol. The van der Waals surface area contributed by atoms with Gasteiger partial charge >= 0.3 is 6.18 Å². The van der Waals surface area contributed by atoms with Crippen LogP contribution in [0.3, 0.4) is 0 Å². The van der Waals surface area contributed by atoms with Crippen molar-refractivity contribution in [1.29, 1.82) is 0 Å². The van der Waals surface area contributed by atoms with Gasteiger partial charge in [-0.3, -0.25) is 9.59 Å². The smallest absolute Gasteiger partial charge is 0.423 e. The van der Waals surface area contributed by atoms with Gasteiger partial charge in [0.15, 0.2) is 0 Å². The second kappa shape index (κ2) is 11.6. The predicted molar refractivity (Wildman–Crippen MR) is 144 cm³/mol. The Balaban J connectivity index is 1.42. The molecule has 0 bridgehead atoms. The average Bonchev–Trinajstić information content (AvgIpc) is 3.23.